The number of likely N-dealkylation sites (tertiary alicyclic amines) is 1. The summed E-state index contributed by atoms with van der Waals surface area (Å²) in [6, 6.07) is 0.475. The number of nitrogens with zero attached hydrogens (tertiary/aromatic N) is 1. The maximum atomic E-state index is 5.91. The molecule has 1 aliphatic heterocycles. The highest BCUT2D eigenvalue weighted by Gasteiger charge is 2.31. The predicted octanol–water partition coefficient (Wildman–Crippen LogP) is 1.99. The molecular weight excluding hydrogens is 172 g/mol. The van der Waals surface area contributed by atoms with Crippen molar-refractivity contribution in [2.24, 2.45) is 11.1 Å². The van der Waals surface area contributed by atoms with Crippen molar-refractivity contribution in [1.29, 1.82) is 0 Å². The molecule has 0 aromatic carbocycles. The molecule has 0 unspecified atom stereocenters. The average molecular weight is 196 g/mol. The molecule has 1 aliphatic carbocycles. The van der Waals surface area contributed by atoms with E-state index in [4.69, 9.17) is 5.73 Å². The Morgan fingerprint density at radius 3 is 2.36 bits per heavy atom. The number of piperidine rings is 1. The Bertz CT molecular complexity index is 177. The molecule has 2 fully saturated rings. The SMILES string of the molecule is CC1(CN2CCC(N)CC2)CCCC1. The first-order valence-corrected chi connectivity index (χ1v) is 6.16. The van der Waals surface area contributed by atoms with E-state index in [2.05, 4.69) is 11.8 Å². The van der Waals surface area contributed by atoms with Gasteiger partial charge >= 0.3 is 0 Å². The molecule has 0 aromatic heterocycles. The van der Waals surface area contributed by atoms with E-state index in [0.717, 1.165) is 0 Å². The lowest BCUT2D eigenvalue weighted by Crippen LogP contribution is -2.43. The van der Waals surface area contributed by atoms with Crippen LogP contribution in [0.25, 0.3) is 0 Å². The highest BCUT2D eigenvalue weighted by molar-refractivity contribution is 4.85. The third kappa shape index (κ3) is 2.48. The van der Waals surface area contributed by atoms with Crippen LogP contribution in [-0.4, -0.2) is 30.6 Å². The second-order valence-corrected chi connectivity index (χ2v) is 5.63. The second kappa shape index (κ2) is 4.19. The van der Waals surface area contributed by atoms with Crippen LogP contribution in [0.3, 0.4) is 0 Å². The topological polar surface area (TPSA) is 29.3 Å². The van der Waals surface area contributed by atoms with Gasteiger partial charge in [-0.05, 0) is 44.2 Å². The molecule has 2 heteroatoms. The summed E-state index contributed by atoms with van der Waals surface area (Å²) in [7, 11) is 0. The Hall–Kier alpha value is -0.0800. The molecule has 0 bridgehead atoms. The van der Waals surface area contributed by atoms with Gasteiger partial charge in [0.25, 0.3) is 0 Å². The van der Waals surface area contributed by atoms with E-state index in [1.807, 2.05) is 0 Å². The largest absolute Gasteiger partial charge is 0.328 e. The lowest BCUT2D eigenvalue weighted by molar-refractivity contribution is 0.137. The van der Waals surface area contributed by atoms with Crippen molar-refractivity contribution < 1.29 is 0 Å². The first-order valence-electron chi connectivity index (χ1n) is 6.16. The Balaban J connectivity index is 1.79. The van der Waals surface area contributed by atoms with Crippen LogP contribution in [0.2, 0.25) is 0 Å². The van der Waals surface area contributed by atoms with Crippen molar-refractivity contribution in [3.63, 3.8) is 0 Å². The lowest BCUT2D eigenvalue weighted by Gasteiger charge is -2.36. The molecule has 0 aromatic rings. The molecule has 0 radical (unpaired) electrons. The van der Waals surface area contributed by atoms with Crippen LogP contribution in [0.5, 0.6) is 0 Å². The fourth-order valence-corrected chi connectivity index (χ4v) is 3.04. The van der Waals surface area contributed by atoms with Gasteiger partial charge in [-0.3, -0.25) is 0 Å². The highest BCUT2D eigenvalue weighted by atomic mass is 15.1. The molecule has 2 nitrogen and oxygen atoms in total. The van der Waals surface area contributed by atoms with Gasteiger partial charge < -0.3 is 10.6 Å². The third-order valence-electron chi connectivity index (χ3n) is 4.05. The van der Waals surface area contributed by atoms with Crippen molar-refractivity contribution in [1.82, 2.24) is 4.90 Å². The van der Waals surface area contributed by atoms with Gasteiger partial charge in [0.1, 0.15) is 0 Å². The Kier molecular flexibility index (Phi) is 3.13. The van der Waals surface area contributed by atoms with E-state index in [1.165, 1.54) is 58.2 Å². The molecule has 2 N–H and O–H groups in total. The fraction of sp³-hybridized carbons (Fsp3) is 1.00. The molecule has 2 aliphatic rings. The van der Waals surface area contributed by atoms with Crippen LogP contribution in [-0.2, 0) is 0 Å². The average Bonchev–Trinajstić information content (AvgIpc) is 2.57. The normalized spacial score (nSPS) is 29.6. The van der Waals surface area contributed by atoms with E-state index in [1.54, 1.807) is 0 Å². The Morgan fingerprint density at radius 1 is 1.21 bits per heavy atom. The molecule has 14 heavy (non-hydrogen) atoms. The number of rotatable bonds is 2. The Labute approximate surface area is 87.8 Å². The summed E-state index contributed by atoms with van der Waals surface area (Å²) in [5.74, 6) is 0. The van der Waals surface area contributed by atoms with Crippen molar-refractivity contribution in [3.05, 3.63) is 0 Å². The summed E-state index contributed by atoms with van der Waals surface area (Å²) < 4.78 is 0. The molecule has 0 atom stereocenters. The van der Waals surface area contributed by atoms with Gasteiger partial charge in [0.15, 0.2) is 0 Å². The van der Waals surface area contributed by atoms with Crippen LogP contribution in [0.1, 0.15) is 45.4 Å². The number of nitrogens with two attached hydrogens (primary N) is 1. The predicted molar refractivity (Wildman–Crippen MR) is 60.2 cm³/mol. The molecule has 0 spiro atoms. The summed E-state index contributed by atoms with van der Waals surface area (Å²) in [6.07, 6.45) is 8.19. The summed E-state index contributed by atoms with van der Waals surface area (Å²) in [5.41, 5.74) is 6.54. The van der Waals surface area contributed by atoms with Crippen molar-refractivity contribution in [2.45, 2.75) is 51.5 Å². The second-order valence-electron chi connectivity index (χ2n) is 5.63. The van der Waals surface area contributed by atoms with Gasteiger partial charge in [-0.15, -0.1) is 0 Å². The molecule has 1 heterocycles. The van der Waals surface area contributed by atoms with Gasteiger partial charge in [0.2, 0.25) is 0 Å². The minimum atomic E-state index is 0.475. The molecule has 1 saturated heterocycles. The summed E-state index contributed by atoms with van der Waals surface area (Å²) in [4.78, 5) is 2.63. The fourth-order valence-electron chi connectivity index (χ4n) is 3.04. The van der Waals surface area contributed by atoms with Crippen LogP contribution in [0.4, 0.5) is 0 Å². The number of hydrogen-bond acceptors (Lipinski definition) is 2. The molecule has 1 saturated carbocycles. The van der Waals surface area contributed by atoms with Crippen LogP contribution in [0, 0.1) is 5.41 Å². The minimum absolute atomic E-state index is 0.475. The van der Waals surface area contributed by atoms with Gasteiger partial charge in [-0.1, -0.05) is 19.8 Å². The lowest BCUT2D eigenvalue weighted by atomic mass is 9.87. The summed E-state index contributed by atoms with van der Waals surface area (Å²) in [6.45, 7) is 6.25. The van der Waals surface area contributed by atoms with E-state index >= 15 is 0 Å². The zero-order chi connectivity index (χ0) is 10.0. The monoisotopic (exact) mass is 196 g/mol. The van der Waals surface area contributed by atoms with Gasteiger partial charge in [0.05, 0.1) is 0 Å². The molecule has 2 rings (SSSR count). The van der Waals surface area contributed by atoms with Crippen molar-refractivity contribution in [2.75, 3.05) is 19.6 Å². The summed E-state index contributed by atoms with van der Waals surface area (Å²) in [5, 5.41) is 0. The first-order chi connectivity index (χ1) is 6.68. The maximum Gasteiger partial charge on any atom is 0.00631 e. The van der Waals surface area contributed by atoms with E-state index in [0.29, 0.717) is 11.5 Å². The van der Waals surface area contributed by atoms with E-state index in [9.17, 15) is 0 Å². The van der Waals surface area contributed by atoms with Crippen molar-refractivity contribution in [3.8, 4) is 0 Å². The third-order valence-corrected chi connectivity index (χ3v) is 4.05. The molecule has 82 valence electrons. The van der Waals surface area contributed by atoms with Crippen LogP contribution in [0.15, 0.2) is 0 Å². The standard InChI is InChI=1S/C12H24N2/c1-12(6-2-3-7-12)10-14-8-4-11(13)5-9-14/h11H,2-10,13H2,1H3. The maximum absolute atomic E-state index is 5.91. The minimum Gasteiger partial charge on any atom is -0.328 e. The van der Waals surface area contributed by atoms with Gasteiger partial charge in [-0.2, -0.15) is 0 Å². The highest BCUT2D eigenvalue weighted by Crippen LogP contribution is 2.38. The van der Waals surface area contributed by atoms with Crippen molar-refractivity contribution >= 4 is 0 Å². The zero-order valence-corrected chi connectivity index (χ0v) is 9.47. The van der Waals surface area contributed by atoms with Crippen LogP contribution < -0.4 is 5.73 Å². The Morgan fingerprint density at radius 2 is 1.79 bits per heavy atom. The van der Waals surface area contributed by atoms with Gasteiger partial charge in [-0.25, -0.2) is 0 Å². The smallest absolute Gasteiger partial charge is 0.00631 e. The zero-order valence-electron chi connectivity index (χ0n) is 9.47. The van der Waals surface area contributed by atoms with E-state index in [-0.39, 0.29) is 0 Å². The molecular formula is C12H24N2. The first kappa shape index (κ1) is 10.4. The quantitative estimate of drug-likeness (QED) is 0.732. The molecule has 0 amide bonds. The van der Waals surface area contributed by atoms with Crippen LogP contribution >= 0.6 is 0 Å². The number of hydrogen-bond donors (Lipinski definition) is 1. The van der Waals surface area contributed by atoms with Gasteiger partial charge in [0, 0.05) is 12.6 Å². The van der Waals surface area contributed by atoms with E-state index < -0.39 is 0 Å². The summed E-state index contributed by atoms with van der Waals surface area (Å²) >= 11 is 0.